The summed E-state index contributed by atoms with van der Waals surface area (Å²) < 4.78 is 0. The van der Waals surface area contributed by atoms with E-state index in [-0.39, 0.29) is 18.5 Å². The van der Waals surface area contributed by atoms with E-state index in [9.17, 15) is 4.79 Å². The van der Waals surface area contributed by atoms with Crippen LogP contribution in [0.2, 0.25) is 5.02 Å². The van der Waals surface area contributed by atoms with Gasteiger partial charge in [0.25, 0.3) is 0 Å². The lowest BCUT2D eigenvalue weighted by Crippen LogP contribution is -2.30. The number of halogens is 1. The summed E-state index contributed by atoms with van der Waals surface area (Å²) in [6.45, 7) is 4.11. The number of benzene rings is 1. The quantitative estimate of drug-likeness (QED) is 0.891. The molecule has 4 nitrogen and oxygen atoms in total. The number of nitrogens with zero attached hydrogens (tertiary/aromatic N) is 1. The van der Waals surface area contributed by atoms with E-state index in [4.69, 9.17) is 11.6 Å². The monoisotopic (exact) mass is 303 g/mol. The van der Waals surface area contributed by atoms with Crippen LogP contribution in [0.1, 0.15) is 24.2 Å². The van der Waals surface area contributed by atoms with Gasteiger partial charge in [0.1, 0.15) is 0 Å². The number of amides is 1. The van der Waals surface area contributed by atoms with Crippen molar-refractivity contribution in [3.8, 4) is 0 Å². The summed E-state index contributed by atoms with van der Waals surface area (Å²) in [5.74, 6) is -0.108. The SMILES string of the molecule is Cc1ccc(Cl)cc1NC(=O)CN[C@H](C)c1ccccn1. The summed E-state index contributed by atoms with van der Waals surface area (Å²) in [5, 5.41) is 6.60. The lowest BCUT2D eigenvalue weighted by atomic mass is 10.2. The Morgan fingerprint density at radius 1 is 1.33 bits per heavy atom. The van der Waals surface area contributed by atoms with Gasteiger partial charge in [-0.2, -0.15) is 0 Å². The van der Waals surface area contributed by atoms with Crippen molar-refractivity contribution in [2.75, 3.05) is 11.9 Å². The van der Waals surface area contributed by atoms with Crippen molar-refractivity contribution >= 4 is 23.2 Å². The summed E-state index contributed by atoms with van der Waals surface area (Å²) in [6.07, 6.45) is 1.74. The Labute approximate surface area is 129 Å². The number of aromatic nitrogens is 1. The first kappa shape index (κ1) is 15.5. The molecule has 2 N–H and O–H groups in total. The smallest absolute Gasteiger partial charge is 0.238 e. The molecule has 2 rings (SSSR count). The number of hydrogen-bond donors (Lipinski definition) is 2. The first-order chi connectivity index (χ1) is 10.1. The van der Waals surface area contributed by atoms with Crippen LogP contribution >= 0.6 is 11.6 Å². The van der Waals surface area contributed by atoms with Crippen molar-refractivity contribution in [3.05, 3.63) is 58.9 Å². The van der Waals surface area contributed by atoms with E-state index in [2.05, 4.69) is 15.6 Å². The number of carbonyl (C=O) groups excluding carboxylic acids is 1. The molecule has 0 saturated heterocycles. The molecule has 110 valence electrons. The highest BCUT2D eigenvalue weighted by Gasteiger charge is 2.09. The fraction of sp³-hybridized carbons (Fsp3) is 0.250. The number of pyridine rings is 1. The van der Waals surface area contributed by atoms with Crippen LogP contribution in [0, 0.1) is 6.92 Å². The number of rotatable bonds is 5. The Kier molecular flexibility index (Phi) is 5.31. The van der Waals surface area contributed by atoms with Gasteiger partial charge in [-0.1, -0.05) is 23.7 Å². The maximum atomic E-state index is 12.0. The molecule has 1 aromatic heterocycles. The molecule has 0 bridgehead atoms. The van der Waals surface area contributed by atoms with Gasteiger partial charge in [-0.15, -0.1) is 0 Å². The number of carbonyl (C=O) groups is 1. The average molecular weight is 304 g/mol. The van der Waals surface area contributed by atoms with E-state index in [1.54, 1.807) is 18.3 Å². The van der Waals surface area contributed by atoms with Crippen molar-refractivity contribution in [2.24, 2.45) is 0 Å². The van der Waals surface area contributed by atoms with Crippen LogP contribution in [0.5, 0.6) is 0 Å². The van der Waals surface area contributed by atoms with Gasteiger partial charge in [0.05, 0.1) is 12.2 Å². The maximum Gasteiger partial charge on any atom is 0.238 e. The molecule has 5 heteroatoms. The lowest BCUT2D eigenvalue weighted by molar-refractivity contribution is -0.115. The summed E-state index contributed by atoms with van der Waals surface area (Å²) in [7, 11) is 0. The van der Waals surface area contributed by atoms with E-state index in [1.165, 1.54) is 0 Å². The molecule has 1 heterocycles. The molecule has 0 aliphatic heterocycles. The minimum absolute atomic E-state index is 0.0115. The van der Waals surface area contributed by atoms with Crippen molar-refractivity contribution < 1.29 is 4.79 Å². The molecular weight excluding hydrogens is 286 g/mol. The van der Waals surface area contributed by atoms with Gasteiger partial charge in [-0.05, 0) is 43.7 Å². The summed E-state index contributed by atoms with van der Waals surface area (Å²) in [6, 6.07) is 11.2. The second-order valence-corrected chi connectivity index (χ2v) is 5.30. The molecule has 0 radical (unpaired) electrons. The van der Waals surface area contributed by atoms with Crippen LogP contribution in [0.3, 0.4) is 0 Å². The van der Waals surface area contributed by atoms with Crippen molar-refractivity contribution in [3.63, 3.8) is 0 Å². The maximum absolute atomic E-state index is 12.0. The van der Waals surface area contributed by atoms with E-state index in [1.807, 2.05) is 38.1 Å². The zero-order valence-electron chi connectivity index (χ0n) is 12.1. The van der Waals surface area contributed by atoms with Gasteiger partial charge in [-0.3, -0.25) is 9.78 Å². The molecule has 0 aliphatic carbocycles. The van der Waals surface area contributed by atoms with Crippen molar-refractivity contribution in [2.45, 2.75) is 19.9 Å². The molecule has 0 saturated carbocycles. The molecule has 1 amide bonds. The fourth-order valence-electron chi connectivity index (χ4n) is 1.91. The Balaban J connectivity index is 1.89. The first-order valence-electron chi connectivity index (χ1n) is 6.76. The highest BCUT2D eigenvalue weighted by atomic mass is 35.5. The fourth-order valence-corrected chi connectivity index (χ4v) is 2.08. The predicted molar refractivity (Wildman–Crippen MR) is 85.5 cm³/mol. The molecular formula is C16H18ClN3O. The van der Waals surface area contributed by atoms with Crippen molar-refractivity contribution in [1.29, 1.82) is 0 Å². The second-order valence-electron chi connectivity index (χ2n) is 4.86. The van der Waals surface area contributed by atoms with Crippen LogP contribution in [0.15, 0.2) is 42.6 Å². The normalized spacial score (nSPS) is 12.0. The van der Waals surface area contributed by atoms with Crippen LogP contribution < -0.4 is 10.6 Å². The van der Waals surface area contributed by atoms with Gasteiger partial charge < -0.3 is 10.6 Å². The zero-order chi connectivity index (χ0) is 15.2. The van der Waals surface area contributed by atoms with E-state index in [0.29, 0.717) is 5.02 Å². The van der Waals surface area contributed by atoms with Crippen LogP contribution in [-0.4, -0.2) is 17.4 Å². The minimum atomic E-state index is -0.108. The Bertz CT molecular complexity index is 616. The molecule has 21 heavy (non-hydrogen) atoms. The third kappa shape index (κ3) is 4.55. The van der Waals surface area contributed by atoms with Gasteiger partial charge in [0, 0.05) is 22.9 Å². The minimum Gasteiger partial charge on any atom is -0.325 e. The first-order valence-corrected chi connectivity index (χ1v) is 7.14. The third-order valence-electron chi connectivity index (χ3n) is 3.17. The Morgan fingerprint density at radius 2 is 2.14 bits per heavy atom. The molecule has 0 spiro atoms. The number of aryl methyl sites for hydroxylation is 1. The third-order valence-corrected chi connectivity index (χ3v) is 3.41. The van der Waals surface area contributed by atoms with Crippen molar-refractivity contribution in [1.82, 2.24) is 10.3 Å². The number of anilines is 1. The summed E-state index contributed by atoms with van der Waals surface area (Å²) >= 11 is 5.93. The average Bonchev–Trinajstić information content (AvgIpc) is 2.49. The largest absolute Gasteiger partial charge is 0.325 e. The van der Waals surface area contributed by atoms with E-state index < -0.39 is 0 Å². The highest BCUT2D eigenvalue weighted by Crippen LogP contribution is 2.20. The van der Waals surface area contributed by atoms with Gasteiger partial charge in [0.2, 0.25) is 5.91 Å². The Hall–Kier alpha value is -1.91. The molecule has 1 aromatic carbocycles. The molecule has 0 aliphatic rings. The zero-order valence-corrected chi connectivity index (χ0v) is 12.8. The second kappa shape index (κ2) is 7.20. The van der Waals surface area contributed by atoms with Crippen LogP contribution in [0.25, 0.3) is 0 Å². The predicted octanol–water partition coefficient (Wildman–Crippen LogP) is 3.33. The molecule has 0 unspecified atom stereocenters. The standard InChI is InChI=1S/C16H18ClN3O/c1-11-6-7-13(17)9-15(11)20-16(21)10-19-12(2)14-5-3-4-8-18-14/h3-9,12,19H,10H2,1-2H3,(H,20,21)/t12-/m1/s1. The topological polar surface area (TPSA) is 54.0 Å². The van der Waals surface area contributed by atoms with Gasteiger partial charge in [0.15, 0.2) is 0 Å². The van der Waals surface area contributed by atoms with Crippen LogP contribution in [-0.2, 0) is 4.79 Å². The molecule has 2 aromatic rings. The highest BCUT2D eigenvalue weighted by molar-refractivity contribution is 6.31. The lowest BCUT2D eigenvalue weighted by Gasteiger charge is -2.14. The van der Waals surface area contributed by atoms with Crippen LogP contribution in [0.4, 0.5) is 5.69 Å². The van der Waals surface area contributed by atoms with Gasteiger partial charge in [-0.25, -0.2) is 0 Å². The Morgan fingerprint density at radius 3 is 2.86 bits per heavy atom. The molecule has 0 fully saturated rings. The number of nitrogens with one attached hydrogen (secondary N) is 2. The van der Waals surface area contributed by atoms with E-state index in [0.717, 1.165) is 16.9 Å². The number of hydrogen-bond acceptors (Lipinski definition) is 3. The summed E-state index contributed by atoms with van der Waals surface area (Å²) in [5.41, 5.74) is 2.62. The summed E-state index contributed by atoms with van der Waals surface area (Å²) in [4.78, 5) is 16.2. The molecule has 1 atom stereocenters. The van der Waals surface area contributed by atoms with Gasteiger partial charge >= 0.3 is 0 Å². The van der Waals surface area contributed by atoms with E-state index >= 15 is 0 Å².